The number of morpholine rings is 1. The zero-order valence-electron chi connectivity index (χ0n) is 20.0. The first-order valence-corrected chi connectivity index (χ1v) is 12.9. The summed E-state index contributed by atoms with van der Waals surface area (Å²) >= 11 is 8.06. The van der Waals surface area contributed by atoms with Crippen LogP contribution in [-0.4, -0.2) is 70.1 Å². The maximum Gasteiger partial charge on any atom is 0.410 e. The minimum atomic E-state index is -0.412. The Morgan fingerprint density at radius 2 is 2.14 bits per heavy atom. The summed E-state index contributed by atoms with van der Waals surface area (Å²) in [7, 11) is 0. The molecule has 4 heterocycles. The van der Waals surface area contributed by atoms with Crippen molar-refractivity contribution in [1.82, 2.24) is 20.2 Å². The Balaban J connectivity index is 1.52. The lowest BCUT2D eigenvalue weighted by molar-refractivity contribution is -0.0928. The average Bonchev–Trinajstić information content (AvgIpc) is 3.37. The predicted octanol–water partition coefficient (Wildman–Crippen LogP) is 3.94. The number of rotatable bonds is 6. The van der Waals surface area contributed by atoms with E-state index >= 15 is 0 Å². The molecule has 2 fully saturated rings. The summed E-state index contributed by atoms with van der Waals surface area (Å²) in [5, 5.41) is 13.7. The molecule has 2 aromatic heterocycles. The number of aromatic nitrogens is 2. The van der Waals surface area contributed by atoms with Crippen molar-refractivity contribution >= 4 is 39.2 Å². The lowest BCUT2D eigenvalue weighted by Crippen LogP contribution is -2.51. The van der Waals surface area contributed by atoms with Gasteiger partial charge >= 0.3 is 6.09 Å². The van der Waals surface area contributed by atoms with E-state index in [1.807, 2.05) is 18.2 Å². The van der Waals surface area contributed by atoms with Gasteiger partial charge in [-0.25, -0.2) is 14.8 Å². The standard InChI is InChI=1S/C25H29ClN4O4S/c1-14-4-15(26)5-20(19(14)6-17-8-27-12-25(2,3)34-17)22-23-21(28-13-29-22)7-18(35-23)9-30-16(10-31)11-33-24(30)32/h4-5,7,13,16-17,27,31H,6,8-12H2,1-3H3/t16-,17+/m0/s1. The van der Waals surface area contributed by atoms with E-state index in [0.717, 1.165) is 57.0 Å². The number of hydrogen-bond donors (Lipinski definition) is 2. The number of aryl methyl sites for hydroxylation is 1. The number of carbonyl (C=O) groups excluding carboxylic acids is 1. The minimum Gasteiger partial charge on any atom is -0.447 e. The molecule has 186 valence electrons. The van der Waals surface area contributed by atoms with Crippen molar-refractivity contribution in [3.8, 4) is 11.3 Å². The van der Waals surface area contributed by atoms with Crippen molar-refractivity contribution < 1.29 is 19.4 Å². The highest BCUT2D eigenvalue weighted by molar-refractivity contribution is 7.19. The number of cyclic esters (lactones) is 1. The molecule has 2 N–H and O–H groups in total. The monoisotopic (exact) mass is 516 g/mol. The summed E-state index contributed by atoms with van der Waals surface area (Å²) in [5.41, 5.74) is 4.61. The molecule has 2 aliphatic heterocycles. The van der Waals surface area contributed by atoms with Crippen LogP contribution in [0.4, 0.5) is 4.79 Å². The Hall–Kier alpha value is -2.30. The molecular formula is C25H29ClN4O4S. The number of nitrogens with one attached hydrogen (secondary N) is 1. The highest BCUT2D eigenvalue weighted by Gasteiger charge is 2.33. The van der Waals surface area contributed by atoms with E-state index in [1.54, 1.807) is 22.6 Å². The fourth-order valence-electron chi connectivity index (χ4n) is 4.84. The first kappa shape index (κ1) is 24.4. The molecule has 8 nitrogen and oxygen atoms in total. The number of amides is 1. The number of hydrogen-bond acceptors (Lipinski definition) is 8. The topological polar surface area (TPSA) is 96.8 Å². The fraction of sp³-hybridized carbons (Fsp3) is 0.480. The van der Waals surface area contributed by atoms with Gasteiger partial charge in [-0.2, -0.15) is 0 Å². The van der Waals surface area contributed by atoms with E-state index in [0.29, 0.717) is 11.6 Å². The van der Waals surface area contributed by atoms with Crippen LogP contribution in [0.2, 0.25) is 5.02 Å². The lowest BCUT2D eigenvalue weighted by atomic mass is 9.93. The quantitative estimate of drug-likeness (QED) is 0.512. The van der Waals surface area contributed by atoms with Gasteiger partial charge in [-0.3, -0.25) is 4.90 Å². The maximum atomic E-state index is 12.1. The Bertz CT molecular complexity index is 1260. The molecule has 1 amide bonds. The van der Waals surface area contributed by atoms with Crippen molar-refractivity contribution in [2.24, 2.45) is 0 Å². The highest BCUT2D eigenvalue weighted by Crippen LogP contribution is 2.38. The second-order valence-electron chi connectivity index (χ2n) is 9.77. The van der Waals surface area contributed by atoms with Crippen LogP contribution in [0.5, 0.6) is 0 Å². The smallest absolute Gasteiger partial charge is 0.410 e. The molecule has 0 aliphatic carbocycles. The SMILES string of the molecule is Cc1cc(Cl)cc(-c2ncnc3cc(CN4C(=O)OC[C@@H]4CO)sc23)c1C[C@@H]1CNCC(C)(C)O1. The fourth-order valence-corrected chi connectivity index (χ4v) is 6.23. The van der Waals surface area contributed by atoms with E-state index in [9.17, 15) is 9.90 Å². The molecule has 35 heavy (non-hydrogen) atoms. The number of carbonyl (C=O) groups is 1. The summed E-state index contributed by atoms with van der Waals surface area (Å²) < 4.78 is 12.4. The lowest BCUT2D eigenvalue weighted by Gasteiger charge is -2.37. The third kappa shape index (κ3) is 5.01. The minimum absolute atomic E-state index is 0.0326. The third-order valence-corrected chi connectivity index (χ3v) is 7.84. The highest BCUT2D eigenvalue weighted by atomic mass is 35.5. The molecule has 0 radical (unpaired) electrons. The second-order valence-corrected chi connectivity index (χ2v) is 11.3. The van der Waals surface area contributed by atoms with Gasteiger partial charge in [0.1, 0.15) is 12.9 Å². The summed E-state index contributed by atoms with van der Waals surface area (Å²) in [6.45, 7) is 8.28. The van der Waals surface area contributed by atoms with Gasteiger partial charge in [0.25, 0.3) is 0 Å². The average molecular weight is 517 g/mol. The van der Waals surface area contributed by atoms with Gasteiger partial charge in [-0.15, -0.1) is 11.3 Å². The van der Waals surface area contributed by atoms with Crippen LogP contribution in [0.15, 0.2) is 24.5 Å². The Labute approximate surface area is 213 Å². The Kier molecular flexibility index (Phi) is 6.71. The van der Waals surface area contributed by atoms with Crippen LogP contribution in [-0.2, 0) is 22.4 Å². The number of halogens is 1. The first-order valence-electron chi connectivity index (χ1n) is 11.7. The summed E-state index contributed by atoms with van der Waals surface area (Å²) in [5.74, 6) is 0. The molecule has 2 atom stereocenters. The van der Waals surface area contributed by atoms with E-state index in [1.165, 1.54) is 0 Å². The van der Waals surface area contributed by atoms with Gasteiger partial charge in [0.2, 0.25) is 0 Å². The normalized spacial score (nSPS) is 22.1. The molecule has 2 saturated heterocycles. The van der Waals surface area contributed by atoms with Crippen molar-refractivity contribution in [1.29, 1.82) is 0 Å². The number of ether oxygens (including phenoxy) is 2. The van der Waals surface area contributed by atoms with Crippen LogP contribution >= 0.6 is 22.9 Å². The summed E-state index contributed by atoms with van der Waals surface area (Å²) in [6, 6.07) is 5.58. The van der Waals surface area contributed by atoms with Crippen molar-refractivity contribution in [2.75, 3.05) is 26.3 Å². The third-order valence-electron chi connectivity index (χ3n) is 6.51. The van der Waals surface area contributed by atoms with Crippen LogP contribution in [0.1, 0.15) is 29.9 Å². The number of benzene rings is 1. The zero-order valence-corrected chi connectivity index (χ0v) is 21.6. The summed E-state index contributed by atoms with van der Waals surface area (Å²) in [4.78, 5) is 23.8. The molecule has 0 unspecified atom stereocenters. The molecule has 0 bridgehead atoms. The van der Waals surface area contributed by atoms with Crippen LogP contribution in [0.25, 0.3) is 21.5 Å². The molecule has 0 saturated carbocycles. The Morgan fingerprint density at radius 3 is 2.91 bits per heavy atom. The van der Waals surface area contributed by atoms with E-state index in [2.05, 4.69) is 36.1 Å². The number of nitrogens with zero attached hydrogens (tertiary/aromatic N) is 3. The van der Waals surface area contributed by atoms with Crippen LogP contribution < -0.4 is 5.32 Å². The van der Waals surface area contributed by atoms with Crippen molar-refractivity contribution in [3.05, 3.63) is 45.6 Å². The van der Waals surface area contributed by atoms with E-state index < -0.39 is 6.09 Å². The number of fused-ring (bicyclic) bond motifs is 1. The number of aliphatic hydroxyl groups is 1. The molecule has 5 rings (SSSR count). The second kappa shape index (κ2) is 9.63. The molecule has 2 aliphatic rings. The van der Waals surface area contributed by atoms with Gasteiger partial charge in [0.05, 0.1) is 46.8 Å². The molecule has 0 spiro atoms. The van der Waals surface area contributed by atoms with Crippen molar-refractivity contribution in [2.45, 2.75) is 51.5 Å². The van der Waals surface area contributed by atoms with Gasteiger partial charge < -0.3 is 19.9 Å². The molecular weight excluding hydrogens is 488 g/mol. The van der Waals surface area contributed by atoms with Gasteiger partial charge in [-0.1, -0.05) is 11.6 Å². The molecule has 10 heteroatoms. The van der Waals surface area contributed by atoms with E-state index in [4.69, 9.17) is 21.1 Å². The van der Waals surface area contributed by atoms with E-state index in [-0.39, 0.29) is 31.0 Å². The van der Waals surface area contributed by atoms with Crippen LogP contribution in [0.3, 0.4) is 0 Å². The number of aliphatic hydroxyl groups excluding tert-OH is 1. The van der Waals surface area contributed by atoms with Crippen LogP contribution in [0, 0.1) is 6.92 Å². The van der Waals surface area contributed by atoms with Crippen molar-refractivity contribution in [3.63, 3.8) is 0 Å². The van der Waals surface area contributed by atoms with Gasteiger partial charge in [-0.05, 0) is 50.1 Å². The molecule has 1 aromatic carbocycles. The van der Waals surface area contributed by atoms with Gasteiger partial charge in [0.15, 0.2) is 0 Å². The first-order chi connectivity index (χ1) is 16.7. The zero-order chi connectivity index (χ0) is 24.7. The number of thiophene rings is 1. The largest absolute Gasteiger partial charge is 0.447 e. The molecule has 3 aromatic rings. The predicted molar refractivity (Wildman–Crippen MR) is 136 cm³/mol. The summed E-state index contributed by atoms with van der Waals surface area (Å²) in [6.07, 6.45) is 1.92. The Morgan fingerprint density at radius 1 is 1.31 bits per heavy atom. The van der Waals surface area contributed by atoms with Gasteiger partial charge in [0, 0.05) is 35.0 Å². The maximum absolute atomic E-state index is 12.1.